The highest BCUT2D eigenvalue weighted by Crippen LogP contribution is 2.13. The molecule has 3 heteroatoms. The van der Waals surface area contributed by atoms with Crippen LogP contribution in [0.4, 0.5) is 0 Å². The highest BCUT2D eigenvalue weighted by molar-refractivity contribution is 9.10. The summed E-state index contributed by atoms with van der Waals surface area (Å²) in [5.74, 6) is 0.207. The van der Waals surface area contributed by atoms with Crippen LogP contribution < -0.4 is 0 Å². The topological polar surface area (TPSA) is 17.1 Å². The number of alkyl halides is 1. The number of benzene rings is 1. The Morgan fingerprint density at radius 3 is 2.77 bits per heavy atom. The van der Waals surface area contributed by atoms with Crippen LogP contribution in [0, 0.1) is 0 Å². The van der Waals surface area contributed by atoms with Gasteiger partial charge in [-0.05, 0) is 24.6 Å². The first-order valence-electron chi connectivity index (χ1n) is 4.01. The normalized spacial score (nSPS) is 12.5. The third-order valence-electron chi connectivity index (χ3n) is 1.71. The first-order chi connectivity index (χ1) is 6.09. The Morgan fingerprint density at radius 2 is 2.23 bits per heavy atom. The molecule has 0 bridgehead atoms. The van der Waals surface area contributed by atoms with Crippen LogP contribution in [-0.2, 0) is 11.2 Å². The van der Waals surface area contributed by atoms with Crippen molar-refractivity contribution in [1.29, 1.82) is 0 Å². The molecule has 0 saturated heterocycles. The summed E-state index contributed by atoms with van der Waals surface area (Å²) in [7, 11) is 0. The van der Waals surface area contributed by atoms with Crippen LogP contribution in [0.25, 0.3) is 0 Å². The zero-order chi connectivity index (χ0) is 9.84. The van der Waals surface area contributed by atoms with Gasteiger partial charge in [0.15, 0.2) is 5.78 Å². The predicted octanol–water partition coefficient (Wildman–Crippen LogP) is 3.34. The standard InChI is InChI=1S/C10H10Br2O/c1-7(11)10(13)6-8-3-2-4-9(12)5-8/h2-5,7H,6H2,1H3/t7-/m0/s1. The highest BCUT2D eigenvalue weighted by atomic mass is 79.9. The summed E-state index contributed by atoms with van der Waals surface area (Å²) in [6.45, 7) is 1.85. The number of halogens is 2. The second-order valence-electron chi connectivity index (χ2n) is 2.89. The lowest BCUT2D eigenvalue weighted by molar-refractivity contribution is -0.117. The van der Waals surface area contributed by atoms with Gasteiger partial charge >= 0.3 is 0 Å². The van der Waals surface area contributed by atoms with E-state index in [4.69, 9.17) is 0 Å². The minimum absolute atomic E-state index is 0.0634. The molecule has 0 aromatic heterocycles. The molecule has 0 fully saturated rings. The van der Waals surface area contributed by atoms with Crippen LogP contribution >= 0.6 is 31.9 Å². The van der Waals surface area contributed by atoms with Gasteiger partial charge in [-0.25, -0.2) is 0 Å². The van der Waals surface area contributed by atoms with Crippen molar-refractivity contribution in [1.82, 2.24) is 0 Å². The number of Topliss-reactive ketones (excluding diaryl/α,β-unsaturated/α-hetero) is 1. The van der Waals surface area contributed by atoms with E-state index in [1.807, 2.05) is 31.2 Å². The molecule has 0 amide bonds. The van der Waals surface area contributed by atoms with Crippen molar-refractivity contribution < 1.29 is 4.79 Å². The van der Waals surface area contributed by atoms with Gasteiger partial charge in [0.05, 0.1) is 4.83 Å². The van der Waals surface area contributed by atoms with Gasteiger partial charge in [-0.2, -0.15) is 0 Å². The molecule has 0 aliphatic carbocycles. The van der Waals surface area contributed by atoms with Gasteiger partial charge in [0.2, 0.25) is 0 Å². The zero-order valence-electron chi connectivity index (χ0n) is 7.26. The lowest BCUT2D eigenvalue weighted by Gasteiger charge is -2.02. The molecule has 0 heterocycles. The van der Waals surface area contributed by atoms with E-state index < -0.39 is 0 Å². The van der Waals surface area contributed by atoms with Crippen molar-refractivity contribution >= 4 is 37.6 Å². The molecule has 1 atom stereocenters. The van der Waals surface area contributed by atoms with Gasteiger partial charge in [0.25, 0.3) is 0 Å². The molecule has 1 aromatic carbocycles. The Labute approximate surface area is 94.8 Å². The Kier molecular flexibility index (Phi) is 4.13. The fraction of sp³-hybridized carbons (Fsp3) is 0.300. The molecule has 13 heavy (non-hydrogen) atoms. The van der Waals surface area contributed by atoms with Crippen LogP contribution in [0.1, 0.15) is 12.5 Å². The SMILES string of the molecule is C[C@H](Br)C(=O)Cc1cccc(Br)c1. The molecule has 0 aliphatic heterocycles. The predicted molar refractivity (Wildman–Crippen MR) is 61.2 cm³/mol. The van der Waals surface area contributed by atoms with E-state index in [9.17, 15) is 4.79 Å². The van der Waals surface area contributed by atoms with Crippen molar-refractivity contribution in [2.75, 3.05) is 0 Å². The molecule has 1 rings (SSSR count). The second kappa shape index (κ2) is 4.91. The smallest absolute Gasteiger partial charge is 0.150 e. The van der Waals surface area contributed by atoms with E-state index >= 15 is 0 Å². The lowest BCUT2D eigenvalue weighted by atomic mass is 10.1. The van der Waals surface area contributed by atoms with E-state index in [1.165, 1.54) is 0 Å². The van der Waals surface area contributed by atoms with E-state index in [0.717, 1.165) is 10.0 Å². The Bertz CT molecular complexity index is 308. The van der Waals surface area contributed by atoms with Gasteiger partial charge in [-0.1, -0.05) is 44.0 Å². The van der Waals surface area contributed by atoms with E-state index in [2.05, 4.69) is 31.9 Å². The van der Waals surface area contributed by atoms with Crippen molar-refractivity contribution in [3.63, 3.8) is 0 Å². The van der Waals surface area contributed by atoms with Gasteiger partial charge in [0, 0.05) is 10.9 Å². The molecule has 0 radical (unpaired) electrons. The third kappa shape index (κ3) is 3.61. The molecule has 70 valence electrons. The van der Waals surface area contributed by atoms with Crippen molar-refractivity contribution in [3.05, 3.63) is 34.3 Å². The molecular weight excluding hydrogens is 296 g/mol. The van der Waals surface area contributed by atoms with E-state index in [-0.39, 0.29) is 10.6 Å². The number of hydrogen-bond acceptors (Lipinski definition) is 1. The van der Waals surface area contributed by atoms with Gasteiger partial charge < -0.3 is 0 Å². The fourth-order valence-electron chi connectivity index (χ4n) is 0.989. The van der Waals surface area contributed by atoms with Crippen LogP contribution in [0.15, 0.2) is 28.7 Å². The zero-order valence-corrected chi connectivity index (χ0v) is 10.4. The van der Waals surface area contributed by atoms with Crippen LogP contribution in [-0.4, -0.2) is 10.6 Å². The minimum atomic E-state index is -0.0634. The van der Waals surface area contributed by atoms with Crippen molar-refractivity contribution in [2.24, 2.45) is 0 Å². The van der Waals surface area contributed by atoms with Crippen LogP contribution in [0.3, 0.4) is 0 Å². The number of ketones is 1. The minimum Gasteiger partial charge on any atom is -0.298 e. The monoisotopic (exact) mass is 304 g/mol. The second-order valence-corrected chi connectivity index (χ2v) is 5.18. The Balaban J connectivity index is 2.69. The number of rotatable bonds is 3. The maximum Gasteiger partial charge on any atom is 0.150 e. The van der Waals surface area contributed by atoms with Gasteiger partial charge in [-0.3, -0.25) is 4.79 Å². The summed E-state index contributed by atoms with van der Waals surface area (Å²) in [6.07, 6.45) is 0.492. The van der Waals surface area contributed by atoms with Crippen LogP contribution in [0.5, 0.6) is 0 Å². The molecular formula is C10H10Br2O. The van der Waals surface area contributed by atoms with Gasteiger partial charge in [0.1, 0.15) is 0 Å². The number of carbonyl (C=O) groups is 1. The van der Waals surface area contributed by atoms with Crippen LogP contribution in [0.2, 0.25) is 0 Å². The maximum absolute atomic E-state index is 11.4. The number of hydrogen-bond donors (Lipinski definition) is 0. The van der Waals surface area contributed by atoms with Gasteiger partial charge in [-0.15, -0.1) is 0 Å². The first-order valence-corrected chi connectivity index (χ1v) is 5.71. The molecule has 0 unspecified atom stereocenters. The fourth-order valence-corrected chi connectivity index (χ4v) is 1.60. The number of carbonyl (C=O) groups excluding carboxylic acids is 1. The quantitative estimate of drug-likeness (QED) is 0.783. The Hall–Kier alpha value is -0.150. The molecule has 1 nitrogen and oxygen atoms in total. The molecule has 0 N–H and O–H groups in total. The third-order valence-corrected chi connectivity index (χ3v) is 2.71. The maximum atomic E-state index is 11.4. The lowest BCUT2D eigenvalue weighted by Crippen LogP contribution is -2.12. The average Bonchev–Trinajstić information content (AvgIpc) is 2.04. The molecule has 0 saturated carbocycles. The van der Waals surface area contributed by atoms with Crippen molar-refractivity contribution in [3.8, 4) is 0 Å². The molecule has 0 aliphatic rings. The van der Waals surface area contributed by atoms with Crippen molar-refractivity contribution in [2.45, 2.75) is 18.2 Å². The van der Waals surface area contributed by atoms with E-state index in [0.29, 0.717) is 6.42 Å². The highest BCUT2D eigenvalue weighted by Gasteiger charge is 2.09. The summed E-state index contributed by atoms with van der Waals surface area (Å²) >= 11 is 6.62. The molecule has 0 spiro atoms. The molecule has 1 aromatic rings. The Morgan fingerprint density at radius 1 is 1.54 bits per heavy atom. The summed E-state index contributed by atoms with van der Waals surface area (Å²) in [5, 5.41) is 0. The summed E-state index contributed by atoms with van der Waals surface area (Å²) < 4.78 is 1.01. The summed E-state index contributed by atoms with van der Waals surface area (Å²) in [5.41, 5.74) is 1.05. The largest absolute Gasteiger partial charge is 0.298 e. The summed E-state index contributed by atoms with van der Waals surface area (Å²) in [4.78, 5) is 11.3. The average molecular weight is 306 g/mol. The first kappa shape index (κ1) is 10.9. The van der Waals surface area contributed by atoms with E-state index in [1.54, 1.807) is 0 Å². The summed E-state index contributed by atoms with van der Waals surface area (Å²) in [6, 6.07) is 7.81.